The van der Waals surface area contributed by atoms with Crippen molar-refractivity contribution in [3.05, 3.63) is 28.2 Å². The standard InChI is InChI=1S/C13H17BrN2O3S/c1-9-2-4-16(5-3-9)13(17)10-6-11(14)8-12(7-10)20(15,18)19/h6-9H,2-5H2,1H3,(H2,15,18,19). The Morgan fingerprint density at radius 1 is 1.30 bits per heavy atom. The number of rotatable bonds is 2. The maximum Gasteiger partial charge on any atom is 0.253 e. The number of nitrogens with two attached hydrogens (primary N) is 1. The molecule has 1 aromatic rings. The van der Waals surface area contributed by atoms with Crippen molar-refractivity contribution in [1.29, 1.82) is 0 Å². The van der Waals surface area contributed by atoms with Gasteiger partial charge in [0.15, 0.2) is 0 Å². The minimum Gasteiger partial charge on any atom is -0.339 e. The topological polar surface area (TPSA) is 80.5 Å². The largest absolute Gasteiger partial charge is 0.339 e. The van der Waals surface area contributed by atoms with Gasteiger partial charge in [-0.2, -0.15) is 0 Å². The van der Waals surface area contributed by atoms with E-state index in [9.17, 15) is 13.2 Å². The van der Waals surface area contributed by atoms with E-state index in [-0.39, 0.29) is 10.8 Å². The molecule has 0 aliphatic carbocycles. The quantitative estimate of drug-likeness (QED) is 0.875. The SMILES string of the molecule is CC1CCN(C(=O)c2cc(Br)cc(S(N)(=O)=O)c2)CC1. The average molecular weight is 361 g/mol. The van der Waals surface area contributed by atoms with Gasteiger partial charge in [0.2, 0.25) is 10.0 Å². The minimum absolute atomic E-state index is 0.0550. The predicted octanol–water partition coefficient (Wildman–Crippen LogP) is 1.97. The number of likely N-dealkylation sites (tertiary alicyclic amines) is 1. The van der Waals surface area contributed by atoms with Crippen molar-refractivity contribution in [3.63, 3.8) is 0 Å². The van der Waals surface area contributed by atoms with Crippen LogP contribution in [0.15, 0.2) is 27.6 Å². The molecule has 1 fully saturated rings. The molecule has 1 aliphatic rings. The Morgan fingerprint density at radius 2 is 1.90 bits per heavy atom. The molecule has 1 saturated heterocycles. The molecule has 0 radical (unpaired) electrons. The number of primary sulfonamides is 1. The van der Waals surface area contributed by atoms with Gasteiger partial charge in [-0.3, -0.25) is 4.79 Å². The van der Waals surface area contributed by atoms with E-state index in [2.05, 4.69) is 22.9 Å². The molecule has 1 aromatic carbocycles. The second-order valence-corrected chi connectivity index (χ2v) is 7.67. The number of hydrogen-bond acceptors (Lipinski definition) is 3. The Bertz CT molecular complexity index is 623. The van der Waals surface area contributed by atoms with Crippen LogP contribution in [0, 0.1) is 5.92 Å². The lowest BCUT2D eigenvalue weighted by Crippen LogP contribution is -2.38. The van der Waals surface area contributed by atoms with Gasteiger partial charge >= 0.3 is 0 Å². The summed E-state index contributed by atoms with van der Waals surface area (Å²) in [6, 6.07) is 4.35. The van der Waals surface area contributed by atoms with Gasteiger partial charge < -0.3 is 4.90 Å². The Morgan fingerprint density at radius 3 is 2.45 bits per heavy atom. The number of halogens is 1. The summed E-state index contributed by atoms with van der Waals surface area (Å²) in [5.74, 6) is 0.477. The molecule has 0 bridgehead atoms. The lowest BCUT2D eigenvalue weighted by molar-refractivity contribution is 0.0697. The Balaban J connectivity index is 2.28. The first kappa shape index (κ1) is 15.5. The van der Waals surface area contributed by atoms with Crippen molar-refractivity contribution in [2.45, 2.75) is 24.7 Å². The zero-order valence-electron chi connectivity index (χ0n) is 11.2. The molecule has 2 rings (SSSR count). The second kappa shape index (κ2) is 5.83. The van der Waals surface area contributed by atoms with E-state index in [1.807, 2.05) is 0 Å². The molecule has 7 heteroatoms. The van der Waals surface area contributed by atoms with Crippen LogP contribution in [0.25, 0.3) is 0 Å². The van der Waals surface area contributed by atoms with Gasteiger partial charge in [0, 0.05) is 23.1 Å². The average Bonchev–Trinajstić information content (AvgIpc) is 2.37. The molecule has 1 aliphatic heterocycles. The van der Waals surface area contributed by atoms with E-state index >= 15 is 0 Å². The van der Waals surface area contributed by atoms with Gasteiger partial charge in [0.05, 0.1) is 4.90 Å². The number of piperidine rings is 1. The van der Waals surface area contributed by atoms with Gasteiger partial charge in [-0.15, -0.1) is 0 Å². The third kappa shape index (κ3) is 3.59. The van der Waals surface area contributed by atoms with Gasteiger partial charge in [-0.25, -0.2) is 13.6 Å². The lowest BCUT2D eigenvalue weighted by atomic mass is 9.98. The number of hydrogen-bond donors (Lipinski definition) is 1. The van der Waals surface area contributed by atoms with Crippen LogP contribution < -0.4 is 5.14 Å². The van der Waals surface area contributed by atoms with Crippen LogP contribution in [-0.4, -0.2) is 32.3 Å². The normalized spacial score (nSPS) is 17.2. The summed E-state index contributed by atoms with van der Waals surface area (Å²) in [5.41, 5.74) is 0.345. The molecule has 5 nitrogen and oxygen atoms in total. The Hall–Kier alpha value is -0.920. The third-order valence-electron chi connectivity index (χ3n) is 3.52. The van der Waals surface area contributed by atoms with Crippen molar-refractivity contribution >= 4 is 31.9 Å². The lowest BCUT2D eigenvalue weighted by Gasteiger charge is -2.30. The number of nitrogens with zero attached hydrogens (tertiary/aromatic N) is 1. The fourth-order valence-corrected chi connectivity index (χ4v) is 3.47. The van der Waals surface area contributed by atoms with E-state index in [1.54, 1.807) is 11.0 Å². The Kier molecular flexibility index (Phi) is 4.51. The highest BCUT2D eigenvalue weighted by Gasteiger charge is 2.23. The zero-order valence-corrected chi connectivity index (χ0v) is 13.6. The van der Waals surface area contributed by atoms with Gasteiger partial charge in [-0.1, -0.05) is 22.9 Å². The number of carbonyl (C=O) groups excluding carboxylic acids is 1. The van der Waals surface area contributed by atoms with E-state index in [0.29, 0.717) is 29.0 Å². The molecule has 110 valence electrons. The Labute approximate surface area is 127 Å². The summed E-state index contributed by atoms with van der Waals surface area (Å²) in [6.45, 7) is 3.58. The van der Waals surface area contributed by atoms with Crippen molar-refractivity contribution in [2.75, 3.05) is 13.1 Å². The molecule has 0 spiro atoms. The zero-order chi connectivity index (χ0) is 14.9. The third-order valence-corrected chi connectivity index (χ3v) is 4.87. The summed E-state index contributed by atoms with van der Waals surface area (Å²) in [5, 5.41) is 5.12. The smallest absolute Gasteiger partial charge is 0.253 e. The van der Waals surface area contributed by atoms with E-state index in [0.717, 1.165) is 12.8 Å². The van der Waals surface area contributed by atoms with Crippen LogP contribution in [0.3, 0.4) is 0 Å². The van der Waals surface area contributed by atoms with E-state index in [4.69, 9.17) is 5.14 Å². The summed E-state index contributed by atoms with van der Waals surface area (Å²) in [7, 11) is -3.82. The highest BCUT2D eigenvalue weighted by atomic mass is 79.9. The number of benzene rings is 1. The van der Waals surface area contributed by atoms with Crippen molar-refractivity contribution in [2.24, 2.45) is 11.1 Å². The molecule has 0 aromatic heterocycles. The molecule has 20 heavy (non-hydrogen) atoms. The highest BCUT2D eigenvalue weighted by molar-refractivity contribution is 9.10. The minimum atomic E-state index is -3.82. The molecular weight excluding hydrogens is 344 g/mol. The van der Waals surface area contributed by atoms with Gasteiger partial charge in [0.25, 0.3) is 5.91 Å². The number of amides is 1. The molecule has 0 atom stereocenters. The highest BCUT2D eigenvalue weighted by Crippen LogP contribution is 2.22. The number of sulfonamides is 1. The van der Waals surface area contributed by atoms with Crippen LogP contribution >= 0.6 is 15.9 Å². The summed E-state index contributed by atoms with van der Waals surface area (Å²) >= 11 is 3.22. The first-order chi connectivity index (χ1) is 9.27. The van der Waals surface area contributed by atoms with Crippen molar-refractivity contribution in [1.82, 2.24) is 4.90 Å². The summed E-state index contributed by atoms with van der Waals surface area (Å²) in [4.78, 5) is 14.1. The molecular formula is C13H17BrN2O3S. The molecule has 2 N–H and O–H groups in total. The first-order valence-corrected chi connectivity index (χ1v) is 8.74. The number of carbonyl (C=O) groups is 1. The monoisotopic (exact) mass is 360 g/mol. The second-order valence-electron chi connectivity index (χ2n) is 5.20. The molecule has 1 amide bonds. The van der Waals surface area contributed by atoms with Crippen LogP contribution in [0.4, 0.5) is 0 Å². The van der Waals surface area contributed by atoms with E-state index in [1.165, 1.54) is 12.1 Å². The predicted molar refractivity (Wildman–Crippen MR) is 79.8 cm³/mol. The molecule has 0 saturated carbocycles. The summed E-state index contributed by atoms with van der Waals surface area (Å²) < 4.78 is 23.3. The van der Waals surface area contributed by atoms with Crippen LogP contribution in [-0.2, 0) is 10.0 Å². The van der Waals surface area contributed by atoms with Crippen molar-refractivity contribution < 1.29 is 13.2 Å². The van der Waals surface area contributed by atoms with Gasteiger partial charge in [-0.05, 0) is 37.0 Å². The fraction of sp³-hybridized carbons (Fsp3) is 0.462. The van der Waals surface area contributed by atoms with Crippen molar-refractivity contribution in [3.8, 4) is 0 Å². The van der Waals surface area contributed by atoms with Crippen LogP contribution in [0.5, 0.6) is 0 Å². The molecule has 1 heterocycles. The summed E-state index contributed by atoms with van der Waals surface area (Å²) in [6.07, 6.45) is 1.95. The first-order valence-electron chi connectivity index (χ1n) is 6.40. The maximum absolute atomic E-state index is 12.4. The van der Waals surface area contributed by atoms with E-state index < -0.39 is 10.0 Å². The molecule has 0 unspecified atom stereocenters. The maximum atomic E-state index is 12.4. The van der Waals surface area contributed by atoms with Crippen LogP contribution in [0.1, 0.15) is 30.1 Å². The fourth-order valence-electron chi connectivity index (χ4n) is 2.24. The van der Waals surface area contributed by atoms with Crippen LogP contribution in [0.2, 0.25) is 0 Å². The van der Waals surface area contributed by atoms with Gasteiger partial charge in [0.1, 0.15) is 0 Å².